The van der Waals surface area contributed by atoms with Gasteiger partial charge in [0.15, 0.2) is 0 Å². The molecule has 4 heterocycles. The van der Waals surface area contributed by atoms with E-state index in [1.54, 1.807) is 17.8 Å². The molecule has 1 amide bonds. The number of epoxide rings is 1. The minimum Gasteiger partial charge on any atom is -0.386 e. The van der Waals surface area contributed by atoms with Gasteiger partial charge < -0.3 is 26.4 Å². The highest BCUT2D eigenvalue weighted by atomic mass is 16.6. The van der Waals surface area contributed by atoms with Gasteiger partial charge in [0.2, 0.25) is 0 Å². The molecule has 0 aliphatic carbocycles. The van der Waals surface area contributed by atoms with E-state index in [4.69, 9.17) is 15.7 Å². The number of ether oxygens (including phenoxy) is 1. The first-order valence-corrected chi connectivity index (χ1v) is 10.2. The van der Waals surface area contributed by atoms with E-state index >= 15 is 0 Å². The lowest BCUT2D eigenvalue weighted by atomic mass is 10.0. The summed E-state index contributed by atoms with van der Waals surface area (Å²) in [6.45, 7) is 2.57. The number of hydrogen-bond acceptors (Lipinski definition) is 8. The second kappa shape index (κ2) is 8.95. The molecule has 2 aromatic rings. The van der Waals surface area contributed by atoms with Crippen LogP contribution in [0.2, 0.25) is 0 Å². The molecule has 164 valence electrons. The van der Waals surface area contributed by atoms with Crippen LogP contribution in [0.3, 0.4) is 0 Å². The van der Waals surface area contributed by atoms with Gasteiger partial charge in [-0.1, -0.05) is 6.92 Å². The van der Waals surface area contributed by atoms with Crippen molar-refractivity contribution >= 4 is 11.7 Å². The summed E-state index contributed by atoms with van der Waals surface area (Å²) in [5.74, 6) is 0.776. The first kappa shape index (κ1) is 21.1. The third-order valence-corrected chi connectivity index (χ3v) is 5.03. The molecule has 1 fully saturated rings. The Morgan fingerprint density at radius 3 is 3.03 bits per heavy atom. The average molecular weight is 432 g/mol. The normalized spacial score (nSPS) is 19.5. The standard InChI is InChI=1S/C22H24N8O2/c1-3-4-18(24)27-14-6-8-26-16(10-14)20-19(17-12-32-17)21(30(2)29-20)28-22(31)13-5-7-25-15(9-13)11-23/h4-10,16-17,26-27H,3,12,24H2,1-2H3,(H,28,31)/b18-4+. The van der Waals surface area contributed by atoms with Crippen LogP contribution in [-0.4, -0.2) is 27.3 Å². The number of dihydropyridines is 1. The molecule has 10 nitrogen and oxygen atoms in total. The molecule has 2 aliphatic heterocycles. The van der Waals surface area contributed by atoms with Gasteiger partial charge in [-0.3, -0.25) is 9.48 Å². The predicted octanol–water partition coefficient (Wildman–Crippen LogP) is 1.85. The molecule has 32 heavy (non-hydrogen) atoms. The average Bonchev–Trinajstić information content (AvgIpc) is 3.58. The van der Waals surface area contributed by atoms with Crippen molar-refractivity contribution in [3.05, 3.63) is 76.8 Å². The molecule has 2 aromatic heterocycles. The fourth-order valence-corrected chi connectivity index (χ4v) is 3.49. The highest BCUT2D eigenvalue weighted by Gasteiger charge is 2.36. The van der Waals surface area contributed by atoms with Gasteiger partial charge in [0.25, 0.3) is 5.91 Å². The minimum atomic E-state index is -0.354. The van der Waals surface area contributed by atoms with Crippen molar-refractivity contribution in [3.8, 4) is 6.07 Å². The van der Waals surface area contributed by atoms with E-state index in [1.807, 2.05) is 37.4 Å². The molecule has 0 radical (unpaired) electrons. The smallest absolute Gasteiger partial charge is 0.256 e. The van der Waals surface area contributed by atoms with E-state index in [0.717, 1.165) is 23.4 Å². The van der Waals surface area contributed by atoms with Crippen LogP contribution in [0.5, 0.6) is 0 Å². The number of pyridine rings is 1. The van der Waals surface area contributed by atoms with Crippen molar-refractivity contribution in [2.24, 2.45) is 12.8 Å². The summed E-state index contributed by atoms with van der Waals surface area (Å²) in [6.07, 6.45) is 9.72. The molecule has 10 heteroatoms. The number of aryl methyl sites for hydroxylation is 1. The first-order valence-electron chi connectivity index (χ1n) is 10.2. The Hall–Kier alpha value is -4.10. The molecular formula is C22H24N8O2. The molecule has 2 aliphatic rings. The van der Waals surface area contributed by atoms with Crippen LogP contribution in [0.1, 0.15) is 52.8 Å². The second-order valence-electron chi connectivity index (χ2n) is 7.38. The van der Waals surface area contributed by atoms with Crippen molar-refractivity contribution < 1.29 is 9.53 Å². The van der Waals surface area contributed by atoms with E-state index in [0.29, 0.717) is 23.8 Å². The van der Waals surface area contributed by atoms with Crippen LogP contribution in [0.15, 0.2) is 54.3 Å². The van der Waals surface area contributed by atoms with Crippen molar-refractivity contribution in [1.82, 2.24) is 25.4 Å². The molecule has 5 N–H and O–H groups in total. The summed E-state index contributed by atoms with van der Waals surface area (Å²) in [5, 5.41) is 23.1. The molecule has 0 bridgehead atoms. The molecule has 2 atom stereocenters. The summed E-state index contributed by atoms with van der Waals surface area (Å²) in [7, 11) is 1.77. The Balaban J connectivity index is 1.63. The lowest BCUT2D eigenvalue weighted by Crippen LogP contribution is -2.25. The highest BCUT2D eigenvalue weighted by Crippen LogP contribution is 2.40. The summed E-state index contributed by atoms with van der Waals surface area (Å²) in [5.41, 5.74) is 8.91. The van der Waals surface area contributed by atoms with E-state index in [9.17, 15) is 4.79 Å². The molecule has 1 saturated heterocycles. The van der Waals surface area contributed by atoms with Gasteiger partial charge in [-0.25, -0.2) is 4.98 Å². The number of nitriles is 1. The van der Waals surface area contributed by atoms with E-state index < -0.39 is 0 Å². The molecular weight excluding hydrogens is 408 g/mol. The zero-order chi connectivity index (χ0) is 22.7. The van der Waals surface area contributed by atoms with Gasteiger partial charge in [-0.2, -0.15) is 10.4 Å². The highest BCUT2D eigenvalue weighted by molar-refractivity contribution is 6.04. The largest absolute Gasteiger partial charge is 0.386 e. The molecule has 2 unspecified atom stereocenters. The Morgan fingerprint density at radius 2 is 2.31 bits per heavy atom. The topological polar surface area (TPSA) is 146 Å². The zero-order valence-electron chi connectivity index (χ0n) is 17.8. The Bertz CT molecular complexity index is 1170. The van der Waals surface area contributed by atoms with Gasteiger partial charge >= 0.3 is 0 Å². The molecule has 0 saturated carbocycles. The monoisotopic (exact) mass is 432 g/mol. The lowest BCUT2D eigenvalue weighted by molar-refractivity contribution is 0.102. The number of anilines is 1. The second-order valence-corrected chi connectivity index (χ2v) is 7.38. The summed E-state index contributed by atoms with van der Waals surface area (Å²) in [6, 6.07) is 4.71. The van der Waals surface area contributed by atoms with Crippen LogP contribution in [0.4, 0.5) is 5.82 Å². The van der Waals surface area contributed by atoms with Crippen LogP contribution in [-0.2, 0) is 11.8 Å². The van der Waals surface area contributed by atoms with Crippen LogP contribution in [0.25, 0.3) is 0 Å². The van der Waals surface area contributed by atoms with Crippen molar-refractivity contribution in [2.75, 3.05) is 11.9 Å². The van der Waals surface area contributed by atoms with E-state index in [2.05, 4.69) is 26.0 Å². The summed E-state index contributed by atoms with van der Waals surface area (Å²) >= 11 is 0. The number of rotatable bonds is 7. The minimum absolute atomic E-state index is 0.149. The van der Waals surface area contributed by atoms with Crippen molar-refractivity contribution in [2.45, 2.75) is 25.5 Å². The summed E-state index contributed by atoms with van der Waals surface area (Å²) in [4.78, 5) is 16.8. The maximum Gasteiger partial charge on any atom is 0.256 e. The number of amides is 1. The van der Waals surface area contributed by atoms with Gasteiger partial charge in [-0.15, -0.1) is 0 Å². The molecule has 0 aromatic carbocycles. The number of nitrogens with zero attached hydrogens (tertiary/aromatic N) is 4. The quantitative estimate of drug-likeness (QED) is 0.485. The van der Waals surface area contributed by atoms with E-state index in [1.165, 1.54) is 12.3 Å². The Morgan fingerprint density at radius 1 is 1.50 bits per heavy atom. The number of carbonyl (C=O) groups is 1. The van der Waals surface area contributed by atoms with Gasteiger partial charge in [0, 0.05) is 24.5 Å². The van der Waals surface area contributed by atoms with Crippen molar-refractivity contribution in [3.63, 3.8) is 0 Å². The molecule has 4 rings (SSSR count). The maximum absolute atomic E-state index is 12.9. The third kappa shape index (κ3) is 4.48. The fraction of sp³-hybridized carbons (Fsp3) is 0.273. The fourth-order valence-electron chi connectivity index (χ4n) is 3.49. The number of carbonyl (C=O) groups excluding carboxylic acids is 1. The third-order valence-electron chi connectivity index (χ3n) is 5.03. The van der Waals surface area contributed by atoms with Gasteiger partial charge in [0.1, 0.15) is 23.7 Å². The van der Waals surface area contributed by atoms with E-state index in [-0.39, 0.29) is 23.7 Å². The van der Waals surface area contributed by atoms with Gasteiger partial charge in [0.05, 0.1) is 29.7 Å². The number of nitrogens with one attached hydrogen (secondary N) is 3. The van der Waals surface area contributed by atoms with Gasteiger partial charge in [-0.05, 0) is 43.0 Å². The number of allylic oxidation sites excluding steroid dienone is 2. The molecule has 0 spiro atoms. The van der Waals surface area contributed by atoms with Crippen LogP contribution in [0, 0.1) is 11.3 Å². The predicted molar refractivity (Wildman–Crippen MR) is 118 cm³/mol. The van der Waals surface area contributed by atoms with Crippen molar-refractivity contribution in [1.29, 1.82) is 5.26 Å². The van der Waals surface area contributed by atoms with Crippen LogP contribution < -0.4 is 21.7 Å². The Kier molecular flexibility index (Phi) is 5.91. The Labute approximate surface area is 185 Å². The number of hydrogen-bond donors (Lipinski definition) is 4. The summed E-state index contributed by atoms with van der Waals surface area (Å²) < 4.78 is 7.19. The van der Waals surface area contributed by atoms with Crippen LogP contribution >= 0.6 is 0 Å². The zero-order valence-corrected chi connectivity index (χ0v) is 17.8. The number of nitrogens with two attached hydrogens (primary N) is 1. The first-order chi connectivity index (χ1) is 15.5. The lowest BCUT2D eigenvalue weighted by Gasteiger charge is -2.19. The number of aromatic nitrogens is 3. The SMILES string of the molecule is CC/C=C(\N)NC1=CC(c2nn(C)c(NC(=O)c3ccnc(C#N)c3)c2C2CO2)NC=C1. The maximum atomic E-state index is 12.9.